The summed E-state index contributed by atoms with van der Waals surface area (Å²) in [6, 6.07) is 17.2. The average Bonchev–Trinajstić information content (AvgIpc) is 4.23. The predicted octanol–water partition coefficient (Wildman–Crippen LogP) is 8.60. The monoisotopic (exact) mass is 1070 g/mol. The summed E-state index contributed by atoms with van der Waals surface area (Å²) in [5, 5.41) is 15.9. The van der Waals surface area contributed by atoms with E-state index in [0.717, 1.165) is 160 Å². The zero-order chi connectivity index (χ0) is 54.7. The molecule has 6 amide bonds. The van der Waals surface area contributed by atoms with Crippen molar-refractivity contribution in [1.29, 1.82) is 0 Å². The lowest BCUT2D eigenvalue weighted by Crippen LogP contribution is -2.58. The van der Waals surface area contributed by atoms with Crippen molar-refractivity contribution in [2.45, 2.75) is 211 Å². The fourth-order valence-electron chi connectivity index (χ4n) is 13.3. The third-order valence-corrected chi connectivity index (χ3v) is 18.3. The fraction of sp³-hybridized carbons (Fsp3) is 0.619. The molecule has 0 spiro atoms. The van der Waals surface area contributed by atoms with Crippen molar-refractivity contribution in [3.63, 3.8) is 0 Å². The van der Waals surface area contributed by atoms with Gasteiger partial charge in [0.2, 0.25) is 35.4 Å². The van der Waals surface area contributed by atoms with Crippen LogP contribution in [0.2, 0.25) is 0 Å². The van der Waals surface area contributed by atoms with Gasteiger partial charge in [-0.2, -0.15) is 0 Å². The van der Waals surface area contributed by atoms with Gasteiger partial charge in [-0.25, -0.2) is 0 Å². The smallest absolute Gasteiger partial charge is 0.246 e. The van der Waals surface area contributed by atoms with E-state index in [2.05, 4.69) is 63.0 Å². The number of amides is 6. The number of hydrogen-bond donors (Lipinski definition) is 5. The van der Waals surface area contributed by atoms with Crippen molar-refractivity contribution in [1.82, 2.24) is 36.4 Å². The Kier molecular flexibility index (Phi) is 19.5. The van der Waals surface area contributed by atoms with Crippen LogP contribution in [-0.4, -0.2) is 95.6 Å². The molecule has 3 aromatic rings. The first kappa shape index (κ1) is 56.7. The molecule has 9 rings (SSSR count). The van der Waals surface area contributed by atoms with E-state index in [4.69, 9.17) is 9.47 Å². The van der Waals surface area contributed by atoms with Crippen molar-refractivity contribution in [2.75, 3.05) is 20.1 Å². The van der Waals surface area contributed by atoms with Crippen LogP contribution in [0.5, 0.6) is 11.5 Å². The number of rotatable bonds is 20. The number of fused-ring (bicyclic) bond motifs is 2. The molecule has 2 aliphatic heterocycles. The number of likely N-dealkylation sites (tertiary alicyclic amines) is 2. The van der Waals surface area contributed by atoms with Crippen molar-refractivity contribution in [3.8, 4) is 11.5 Å². The van der Waals surface area contributed by atoms with Gasteiger partial charge in [0.15, 0.2) is 0 Å². The third kappa shape index (κ3) is 13.4. The molecule has 0 radical (unpaired) electrons. The van der Waals surface area contributed by atoms with E-state index in [1.54, 1.807) is 23.8 Å². The molecular weight excluding hydrogens is 983 g/mol. The highest BCUT2D eigenvalue weighted by atomic mass is 16.5. The topological polar surface area (TPSA) is 188 Å². The summed E-state index contributed by atoms with van der Waals surface area (Å²) in [7, 11) is 1.74. The quantitative estimate of drug-likeness (QED) is 0.0739. The Balaban J connectivity index is 0.782. The van der Waals surface area contributed by atoms with Crippen LogP contribution < -0.4 is 36.1 Å². The number of benzene rings is 3. The lowest BCUT2D eigenvalue weighted by atomic mass is 9.83. The molecule has 4 fully saturated rings. The van der Waals surface area contributed by atoms with Gasteiger partial charge < -0.3 is 45.9 Å². The van der Waals surface area contributed by atoms with Crippen molar-refractivity contribution in [2.24, 2.45) is 17.8 Å². The van der Waals surface area contributed by atoms with Gasteiger partial charge in [0.05, 0.1) is 18.1 Å². The zero-order valence-electron chi connectivity index (χ0n) is 46.9. The van der Waals surface area contributed by atoms with Gasteiger partial charge in [-0.1, -0.05) is 101 Å². The molecule has 8 atom stereocenters. The third-order valence-electron chi connectivity index (χ3n) is 18.3. The summed E-state index contributed by atoms with van der Waals surface area (Å²) in [5.74, 6) is 0.768. The van der Waals surface area contributed by atoms with Crippen molar-refractivity contribution in [3.05, 3.63) is 94.0 Å². The normalized spacial score (nSPS) is 23.2. The van der Waals surface area contributed by atoms with Crippen LogP contribution in [-0.2, 0) is 54.8 Å². The minimum absolute atomic E-state index is 0.0583. The maximum Gasteiger partial charge on any atom is 0.246 e. The number of hydrogen-bond acceptors (Lipinski definition) is 9. The van der Waals surface area contributed by atoms with Crippen LogP contribution in [0, 0.1) is 17.8 Å². The Morgan fingerprint density at radius 1 is 0.538 bits per heavy atom. The number of nitrogens with zero attached hydrogens (tertiary/aromatic N) is 2. The summed E-state index contributed by atoms with van der Waals surface area (Å²) >= 11 is 0. The molecule has 3 aromatic carbocycles. The molecule has 6 aliphatic rings. The Bertz CT molecular complexity index is 2400. The first-order chi connectivity index (χ1) is 37.9. The van der Waals surface area contributed by atoms with Crippen LogP contribution >= 0.6 is 0 Å². The van der Waals surface area contributed by atoms with Crippen LogP contribution in [0.3, 0.4) is 0 Å². The van der Waals surface area contributed by atoms with Crippen LogP contribution in [0.4, 0.5) is 0 Å². The number of carbonyl (C=O) groups excluding carboxylic acids is 6. The first-order valence-corrected chi connectivity index (χ1v) is 30.0. The molecule has 0 bridgehead atoms. The standard InChI is InChI=1S/C63H87N7O8/c1-5-40(2)58(71)67-56(44-18-8-6-9-19-44)62(75)69-36-16-28-52(69)60(73)65-50-26-12-24-48-46(50)22-14-30-54(48)77-38-42-32-34-43(35-33-42)39-78-55-31-15-23-47-49(55)25-13-27-51(47)66-61(74)53-29-17-37-70(53)63(76)57(45-20-10-7-11-21-45)68-59(72)41(3)64-4/h14-15,22-23,30-35,40-41,44-45,50-53,56-57,64H,5-13,16-21,24-29,36-39H2,1-4H3,(H,65,73)(H,66,74)(H,67,71)(H,68,72)/t40-,41+,50-,51-,52+,53+,56+,57+/m1/s1. The number of carbonyl (C=O) groups is 6. The summed E-state index contributed by atoms with van der Waals surface area (Å²) in [4.78, 5) is 86.7. The van der Waals surface area contributed by atoms with Crippen molar-refractivity contribution < 1.29 is 38.2 Å². The fourth-order valence-corrected chi connectivity index (χ4v) is 13.3. The molecule has 2 heterocycles. The van der Waals surface area contributed by atoms with E-state index < -0.39 is 30.2 Å². The molecule has 15 nitrogen and oxygen atoms in total. The molecule has 15 heteroatoms. The van der Waals surface area contributed by atoms with Gasteiger partial charge >= 0.3 is 0 Å². The summed E-state index contributed by atoms with van der Waals surface area (Å²) in [6.07, 6.45) is 18.5. The highest BCUT2D eigenvalue weighted by Gasteiger charge is 2.44. The van der Waals surface area contributed by atoms with Crippen LogP contribution in [0.15, 0.2) is 60.7 Å². The van der Waals surface area contributed by atoms with Crippen LogP contribution in [0.1, 0.15) is 188 Å². The highest BCUT2D eigenvalue weighted by Crippen LogP contribution is 2.39. The van der Waals surface area contributed by atoms with E-state index in [-0.39, 0.29) is 65.3 Å². The Hall–Kier alpha value is -5.96. The zero-order valence-corrected chi connectivity index (χ0v) is 46.9. The largest absolute Gasteiger partial charge is 0.489 e. The molecular formula is C63H87N7O8. The van der Waals surface area contributed by atoms with E-state index in [1.165, 1.54) is 0 Å². The lowest BCUT2D eigenvalue weighted by Gasteiger charge is -2.36. The molecule has 4 aliphatic carbocycles. The van der Waals surface area contributed by atoms with E-state index in [1.807, 2.05) is 38.1 Å². The maximum atomic E-state index is 14.3. The molecule has 2 saturated heterocycles. The second kappa shape index (κ2) is 26.8. The SMILES string of the molecule is CC[C@@H](C)C(=O)N[C@H](C(=O)N1CCC[C@H]1C(=O)N[C@@H]1CCCc2c(OCc3ccc(COc4cccc5c4CCC[C@H]5NC(=O)[C@@H]4CCCN4C(=O)[C@@H](NC(=O)[C@H](C)NC)C4CCCCC4)cc3)cccc21)C1CCCCC1. The Morgan fingerprint density at radius 2 is 0.974 bits per heavy atom. The van der Waals surface area contributed by atoms with Gasteiger partial charge in [0.25, 0.3) is 0 Å². The molecule has 5 N–H and O–H groups in total. The second-order valence-electron chi connectivity index (χ2n) is 23.4. The van der Waals surface area contributed by atoms with Gasteiger partial charge in [-0.3, -0.25) is 28.8 Å². The maximum absolute atomic E-state index is 14.3. The van der Waals surface area contributed by atoms with E-state index in [0.29, 0.717) is 45.6 Å². The Morgan fingerprint density at radius 3 is 1.40 bits per heavy atom. The lowest BCUT2D eigenvalue weighted by molar-refractivity contribution is -0.143. The van der Waals surface area contributed by atoms with Crippen molar-refractivity contribution >= 4 is 35.4 Å². The van der Waals surface area contributed by atoms with E-state index >= 15 is 0 Å². The Labute approximate surface area is 462 Å². The number of likely N-dealkylation sites (N-methyl/N-ethyl adjacent to an activating group) is 1. The minimum atomic E-state index is -0.641. The van der Waals surface area contributed by atoms with Crippen LogP contribution in [0.25, 0.3) is 0 Å². The minimum Gasteiger partial charge on any atom is -0.489 e. The predicted molar refractivity (Wildman–Crippen MR) is 300 cm³/mol. The number of nitrogens with one attached hydrogen (secondary N) is 5. The van der Waals surface area contributed by atoms with Gasteiger partial charge in [0.1, 0.15) is 48.9 Å². The van der Waals surface area contributed by atoms with Gasteiger partial charge in [-0.05, 0) is 168 Å². The molecule has 0 unspecified atom stereocenters. The molecule has 78 heavy (non-hydrogen) atoms. The molecule has 2 saturated carbocycles. The molecule has 422 valence electrons. The summed E-state index contributed by atoms with van der Waals surface area (Å²) in [6.45, 7) is 7.45. The summed E-state index contributed by atoms with van der Waals surface area (Å²) in [5.41, 5.74) is 6.35. The summed E-state index contributed by atoms with van der Waals surface area (Å²) < 4.78 is 13.0. The van der Waals surface area contributed by atoms with E-state index in [9.17, 15) is 28.8 Å². The molecule has 0 aromatic heterocycles. The average molecular weight is 1070 g/mol. The number of ether oxygens (including phenoxy) is 2. The highest BCUT2D eigenvalue weighted by molar-refractivity contribution is 5.94. The van der Waals surface area contributed by atoms with Gasteiger partial charge in [-0.15, -0.1) is 0 Å². The van der Waals surface area contributed by atoms with Gasteiger partial charge in [0, 0.05) is 19.0 Å². The first-order valence-electron chi connectivity index (χ1n) is 30.0. The second-order valence-corrected chi connectivity index (χ2v) is 23.4.